The van der Waals surface area contributed by atoms with Crippen LogP contribution in [0, 0.1) is 6.92 Å². The molecule has 0 unspecified atom stereocenters. The number of carbonyl (C=O) groups excluding carboxylic acids is 1. The van der Waals surface area contributed by atoms with Crippen LogP contribution in [0.2, 0.25) is 0 Å². The highest BCUT2D eigenvalue weighted by atomic mass is 16.5. The Kier molecular flexibility index (Phi) is 5.56. The van der Waals surface area contributed by atoms with Gasteiger partial charge in [-0.15, -0.1) is 0 Å². The van der Waals surface area contributed by atoms with Gasteiger partial charge in [-0.2, -0.15) is 0 Å². The molecule has 1 heterocycles. The average Bonchev–Trinajstić information content (AvgIpc) is 2.69. The number of hydrogen-bond donors (Lipinski definition) is 2. The number of para-hydroxylation sites is 2. The van der Waals surface area contributed by atoms with Crippen LogP contribution in [0.3, 0.4) is 0 Å². The summed E-state index contributed by atoms with van der Waals surface area (Å²) >= 11 is 0. The first-order valence-electron chi connectivity index (χ1n) is 8.43. The number of ether oxygens (including phenoxy) is 2. The number of anilines is 3. The van der Waals surface area contributed by atoms with Gasteiger partial charge in [-0.25, -0.2) is 4.98 Å². The summed E-state index contributed by atoms with van der Waals surface area (Å²) in [4.78, 5) is 16.7. The van der Waals surface area contributed by atoms with E-state index in [0.717, 1.165) is 22.7 Å². The van der Waals surface area contributed by atoms with Crippen LogP contribution in [0.25, 0.3) is 0 Å². The molecule has 0 saturated heterocycles. The number of nitrogens with zero attached hydrogens (tertiary/aromatic N) is 1. The van der Waals surface area contributed by atoms with Gasteiger partial charge in [-0.05, 0) is 48.9 Å². The molecule has 138 valence electrons. The van der Waals surface area contributed by atoms with Gasteiger partial charge in [-0.3, -0.25) is 4.79 Å². The van der Waals surface area contributed by atoms with Crippen molar-refractivity contribution in [3.8, 4) is 11.5 Å². The van der Waals surface area contributed by atoms with Gasteiger partial charge in [-0.1, -0.05) is 18.2 Å². The van der Waals surface area contributed by atoms with E-state index in [-0.39, 0.29) is 5.91 Å². The first-order valence-corrected chi connectivity index (χ1v) is 8.43. The third-order valence-corrected chi connectivity index (χ3v) is 3.99. The fraction of sp³-hybridized carbons (Fsp3) is 0.143. The second-order valence-electron chi connectivity index (χ2n) is 5.92. The van der Waals surface area contributed by atoms with Crippen molar-refractivity contribution in [3.63, 3.8) is 0 Å². The van der Waals surface area contributed by atoms with Crippen molar-refractivity contribution in [2.75, 3.05) is 24.9 Å². The highest BCUT2D eigenvalue weighted by molar-refractivity contribution is 6.03. The van der Waals surface area contributed by atoms with E-state index in [1.54, 1.807) is 32.5 Å². The van der Waals surface area contributed by atoms with Crippen LogP contribution in [-0.2, 0) is 0 Å². The molecule has 0 saturated carbocycles. The summed E-state index contributed by atoms with van der Waals surface area (Å²) in [5.74, 6) is 1.03. The van der Waals surface area contributed by atoms with Gasteiger partial charge in [0, 0.05) is 0 Å². The number of carbonyl (C=O) groups is 1. The lowest BCUT2D eigenvalue weighted by Gasteiger charge is -2.12. The van der Waals surface area contributed by atoms with E-state index in [1.807, 2.05) is 49.4 Å². The molecule has 27 heavy (non-hydrogen) atoms. The Hall–Kier alpha value is -3.54. The number of pyridine rings is 1. The van der Waals surface area contributed by atoms with E-state index in [1.165, 1.54) is 0 Å². The van der Waals surface area contributed by atoms with Gasteiger partial charge in [0.1, 0.15) is 17.2 Å². The average molecular weight is 363 g/mol. The maximum atomic E-state index is 12.5. The molecule has 2 aromatic carbocycles. The molecule has 1 aromatic heterocycles. The summed E-state index contributed by atoms with van der Waals surface area (Å²) in [5, 5.41) is 6.06. The van der Waals surface area contributed by atoms with Crippen LogP contribution in [0.5, 0.6) is 11.5 Å². The van der Waals surface area contributed by atoms with Crippen LogP contribution in [0.15, 0.2) is 60.8 Å². The van der Waals surface area contributed by atoms with Crippen LogP contribution in [-0.4, -0.2) is 25.1 Å². The Morgan fingerprint density at radius 3 is 2.37 bits per heavy atom. The molecule has 0 fully saturated rings. The quantitative estimate of drug-likeness (QED) is 0.679. The van der Waals surface area contributed by atoms with Crippen molar-refractivity contribution in [1.82, 2.24) is 4.98 Å². The molecule has 0 aliphatic carbocycles. The maximum Gasteiger partial charge on any atom is 0.274 e. The number of aryl methyl sites for hydroxylation is 1. The molecule has 1 amide bonds. The largest absolute Gasteiger partial charge is 0.495 e. The third kappa shape index (κ3) is 4.36. The Morgan fingerprint density at radius 2 is 1.67 bits per heavy atom. The normalized spacial score (nSPS) is 10.2. The summed E-state index contributed by atoms with van der Waals surface area (Å²) in [5.41, 5.74) is 3.52. The molecule has 6 nitrogen and oxygen atoms in total. The molecule has 6 heteroatoms. The summed E-state index contributed by atoms with van der Waals surface area (Å²) in [6, 6.07) is 16.6. The monoisotopic (exact) mass is 363 g/mol. The van der Waals surface area contributed by atoms with Crippen molar-refractivity contribution in [2.24, 2.45) is 0 Å². The Labute approximate surface area is 158 Å². The van der Waals surface area contributed by atoms with Crippen LogP contribution >= 0.6 is 0 Å². The lowest BCUT2D eigenvalue weighted by molar-refractivity contribution is 0.102. The highest BCUT2D eigenvalue weighted by Crippen LogP contribution is 2.27. The molecule has 3 rings (SSSR count). The van der Waals surface area contributed by atoms with Gasteiger partial charge in [0.15, 0.2) is 0 Å². The standard InChI is InChI=1S/C21H21N3O3/c1-14-8-11-20(27-3)18(12-14)24-21(25)17-10-9-15(13-22-17)23-16-6-4-5-7-19(16)26-2/h4-13,23H,1-3H3,(H,24,25). The number of rotatable bonds is 6. The van der Waals surface area contributed by atoms with E-state index < -0.39 is 0 Å². The fourth-order valence-corrected chi connectivity index (χ4v) is 2.61. The minimum atomic E-state index is -0.303. The lowest BCUT2D eigenvalue weighted by atomic mass is 10.2. The van der Waals surface area contributed by atoms with Crippen LogP contribution in [0.1, 0.15) is 16.1 Å². The van der Waals surface area contributed by atoms with E-state index >= 15 is 0 Å². The van der Waals surface area contributed by atoms with Gasteiger partial charge >= 0.3 is 0 Å². The number of hydrogen-bond acceptors (Lipinski definition) is 5. The Morgan fingerprint density at radius 1 is 0.926 bits per heavy atom. The summed E-state index contributed by atoms with van der Waals surface area (Å²) in [7, 11) is 3.18. The van der Waals surface area contributed by atoms with E-state index in [9.17, 15) is 4.79 Å². The molecule has 3 aromatic rings. The van der Waals surface area contributed by atoms with E-state index in [2.05, 4.69) is 15.6 Å². The second-order valence-corrected chi connectivity index (χ2v) is 5.92. The van der Waals surface area contributed by atoms with Crippen molar-refractivity contribution in [2.45, 2.75) is 6.92 Å². The molecule has 0 radical (unpaired) electrons. The number of methoxy groups -OCH3 is 2. The number of nitrogens with one attached hydrogen (secondary N) is 2. The Bertz CT molecular complexity index is 940. The minimum Gasteiger partial charge on any atom is -0.495 e. The molecule has 0 bridgehead atoms. The number of aromatic nitrogens is 1. The van der Waals surface area contributed by atoms with Crippen LogP contribution < -0.4 is 20.1 Å². The molecular formula is C21H21N3O3. The smallest absolute Gasteiger partial charge is 0.274 e. The fourth-order valence-electron chi connectivity index (χ4n) is 2.61. The van der Waals surface area contributed by atoms with Crippen molar-refractivity contribution in [3.05, 3.63) is 72.1 Å². The first kappa shape index (κ1) is 18.3. The van der Waals surface area contributed by atoms with Gasteiger partial charge < -0.3 is 20.1 Å². The molecule has 0 aliphatic rings. The number of amides is 1. The highest BCUT2D eigenvalue weighted by Gasteiger charge is 2.11. The summed E-state index contributed by atoms with van der Waals surface area (Å²) in [6.45, 7) is 1.95. The van der Waals surface area contributed by atoms with Gasteiger partial charge in [0.05, 0.1) is 37.5 Å². The predicted molar refractivity (Wildman–Crippen MR) is 106 cm³/mol. The van der Waals surface area contributed by atoms with Gasteiger partial charge in [0.25, 0.3) is 5.91 Å². The topological polar surface area (TPSA) is 72.5 Å². The third-order valence-electron chi connectivity index (χ3n) is 3.99. The SMILES string of the molecule is COc1ccc(C)cc1NC(=O)c1ccc(Nc2ccccc2OC)cn1. The van der Waals surface area contributed by atoms with Crippen molar-refractivity contribution < 1.29 is 14.3 Å². The predicted octanol–water partition coefficient (Wildman–Crippen LogP) is 4.40. The molecule has 0 aliphatic heterocycles. The number of benzene rings is 2. The zero-order valence-electron chi connectivity index (χ0n) is 15.4. The van der Waals surface area contributed by atoms with Crippen molar-refractivity contribution in [1.29, 1.82) is 0 Å². The van der Waals surface area contributed by atoms with E-state index in [4.69, 9.17) is 9.47 Å². The summed E-state index contributed by atoms with van der Waals surface area (Å²) in [6.07, 6.45) is 1.61. The zero-order valence-corrected chi connectivity index (χ0v) is 15.4. The van der Waals surface area contributed by atoms with Gasteiger partial charge in [0.2, 0.25) is 0 Å². The second kappa shape index (κ2) is 8.23. The molecular weight excluding hydrogens is 342 g/mol. The first-order chi connectivity index (χ1) is 13.1. The molecule has 0 atom stereocenters. The lowest BCUT2D eigenvalue weighted by Crippen LogP contribution is -2.14. The van der Waals surface area contributed by atoms with Crippen LogP contribution in [0.4, 0.5) is 17.1 Å². The molecule has 0 spiro atoms. The summed E-state index contributed by atoms with van der Waals surface area (Å²) < 4.78 is 10.6. The minimum absolute atomic E-state index is 0.303. The zero-order chi connectivity index (χ0) is 19.2. The van der Waals surface area contributed by atoms with E-state index in [0.29, 0.717) is 17.1 Å². The Balaban J connectivity index is 1.73. The molecule has 2 N–H and O–H groups in total. The van der Waals surface area contributed by atoms with Crippen molar-refractivity contribution >= 4 is 23.0 Å². The maximum absolute atomic E-state index is 12.5.